The number of nitrogens with one attached hydrogen (secondary N) is 2. The molecule has 2 aromatic rings. The van der Waals surface area contributed by atoms with Crippen molar-refractivity contribution in [3.8, 4) is 5.75 Å². The zero-order chi connectivity index (χ0) is 22.1. The van der Waals surface area contributed by atoms with E-state index in [4.69, 9.17) is 4.74 Å². The Morgan fingerprint density at radius 3 is 2.53 bits per heavy atom. The Morgan fingerprint density at radius 1 is 1.13 bits per heavy atom. The maximum absolute atomic E-state index is 13.1. The molecule has 1 heterocycles. The third-order valence-corrected chi connectivity index (χ3v) is 5.07. The van der Waals surface area contributed by atoms with Crippen LogP contribution in [0.15, 0.2) is 48.5 Å². The van der Waals surface area contributed by atoms with Crippen LogP contribution in [0.5, 0.6) is 5.75 Å². The van der Waals surface area contributed by atoms with E-state index >= 15 is 0 Å². The topological polar surface area (TPSA) is 67.4 Å². The second-order valence-electron chi connectivity index (χ2n) is 9.42. The molecule has 0 saturated carbocycles. The van der Waals surface area contributed by atoms with Gasteiger partial charge in [-0.05, 0) is 50.1 Å². The molecule has 0 unspecified atom stereocenters. The minimum Gasteiger partial charge on any atom is -0.497 e. The van der Waals surface area contributed by atoms with Crippen LogP contribution in [0.1, 0.15) is 56.1 Å². The summed E-state index contributed by atoms with van der Waals surface area (Å²) in [5, 5.41) is 6.36. The number of allylic oxidation sites excluding steroid dienone is 1. The van der Waals surface area contributed by atoms with Crippen molar-refractivity contribution in [1.82, 2.24) is 5.32 Å². The van der Waals surface area contributed by atoms with Crippen molar-refractivity contribution >= 4 is 23.1 Å². The quantitative estimate of drug-likeness (QED) is 0.564. The molecule has 0 aliphatic carbocycles. The Balaban J connectivity index is 1.93. The maximum Gasteiger partial charge on any atom is 0.229 e. The number of hydrogen-bond donors (Lipinski definition) is 2. The van der Waals surface area contributed by atoms with Gasteiger partial charge in [0.05, 0.1) is 7.11 Å². The van der Waals surface area contributed by atoms with Crippen molar-refractivity contribution in [2.24, 2.45) is 5.41 Å². The molecule has 3 rings (SSSR count). The molecular weight excluding hydrogens is 376 g/mol. The first kappa shape index (κ1) is 21.6. The summed E-state index contributed by atoms with van der Waals surface area (Å²) < 4.78 is 5.37. The number of carbonyl (C=O) groups excluding carboxylic acids is 2. The van der Waals surface area contributed by atoms with E-state index in [0.717, 1.165) is 23.4 Å². The molecular formula is C25H30N2O3. The standard InChI is InChI=1S/C25H30N2O3/c1-24(2,3)23(29)26-18-9-7-8-16(12-18)22(28)14-21-20-13-19(30-6)11-10-17(20)15-25(4,5)27-21/h7-14,27H,15H2,1-6H3,(H,26,29). The summed E-state index contributed by atoms with van der Waals surface area (Å²) in [5.41, 5.74) is 3.36. The summed E-state index contributed by atoms with van der Waals surface area (Å²) in [6.07, 6.45) is 2.48. The number of hydrogen-bond acceptors (Lipinski definition) is 4. The SMILES string of the molecule is COc1ccc2c(c1)C(=CC(=O)c1cccc(NC(=O)C(C)(C)C)c1)NC(C)(C)C2. The second kappa shape index (κ2) is 7.98. The fourth-order valence-corrected chi connectivity index (χ4v) is 3.44. The predicted octanol–water partition coefficient (Wildman–Crippen LogP) is 4.83. The number of ketones is 1. The molecule has 158 valence electrons. The van der Waals surface area contributed by atoms with Crippen LogP contribution < -0.4 is 15.4 Å². The number of benzene rings is 2. The van der Waals surface area contributed by atoms with E-state index in [1.165, 1.54) is 5.56 Å². The third kappa shape index (κ3) is 4.90. The average molecular weight is 407 g/mol. The lowest BCUT2D eigenvalue weighted by molar-refractivity contribution is -0.123. The van der Waals surface area contributed by atoms with E-state index in [-0.39, 0.29) is 17.2 Å². The van der Waals surface area contributed by atoms with Gasteiger partial charge in [-0.25, -0.2) is 0 Å². The van der Waals surface area contributed by atoms with Gasteiger partial charge in [0.1, 0.15) is 5.75 Å². The summed E-state index contributed by atoms with van der Waals surface area (Å²) >= 11 is 0. The number of rotatable bonds is 4. The van der Waals surface area contributed by atoms with E-state index in [9.17, 15) is 9.59 Å². The Hall–Kier alpha value is -3.08. The van der Waals surface area contributed by atoms with Gasteiger partial charge in [0.25, 0.3) is 0 Å². The summed E-state index contributed by atoms with van der Waals surface area (Å²) in [7, 11) is 1.63. The third-order valence-electron chi connectivity index (χ3n) is 5.07. The highest BCUT2D eigenvalue weighted by atomic mass is 16.5. The van der Waals surface area contributed by atoms with Gasteiger partial charge in [-0.3, -0.25) is 9.59 Å². The lowest BCUT2D eigenvalue weighted by Crippen LogP contribution is -2.43. The summed E-state index contributed by atoms with van der Waals surface area (Å²) in [4.78, 5) is 25.3. The van der Waals surface area contributed by atoms with Gasteiger partial charge in [0.15, 0.2) is 5.78 Å². The van der Waals surface area contributed by atoms with E-state index in [0.29, 0.717) is 11.3 Å². The van der Waals surface area contributed by atoms with E-state index < -0.39 is 5.41 Å². The van der Waals surface area contributed by atoms with Crippen molar-refractivity contribution in [2.45, 2.75) is 46.6 Å². The zero-order valence-electron chi connectivity index (χ0n) is 18.6. The number of amides is 1. The van der Waals surface area contributed by atoms with Crippen LogP contribution in [0, 0.1) is 5.41 Å². The van der Waals surface area contributed by atoms with Crippen LogP contribution in [0.3, 0.4) is 0 Å². The van der Waals surface area contributed by atoms with Crippen LogP contribution in [0.4, 0.5) is 5.69 Å². The molecule has 0 saturated heterocycles. The molecule has 1 aliphatic heterocycles. The number of anilines is 1. The van der Waals surface area contributed by atoms with Crippen LogP contribution in [-0.4, -0.2) is 24.3 Å². The number of methoxy groups -OCH3 is 1. The largest absolute Gasteiger partial charge is 0.497 e. The molecule has 0 aromatic heterocycles. The first-order chi connectivity index (χ1) is 14.0. The van der Waals surface area contributed by atoms with E-state index in [1.54, 1.807) is 37.5 Å². The van der Waals surface area contributed by atoms with Crippen LogP contribution in [0.25, 0.3) is 5.70 Å². The van der Waals surface area contributed by atoms with Crippen molar-refractivity contribution < 1.29 is 14.3 Å². The minimum absolute atomic E-state index is 0.0952. The Labute approximate surface area is 178 Å². The fraction of sp³-hybridized carbons (Fsp3) is 0.360. The zero-order valence-corrected chi connectivity index (χ0v) is 18.6. The Morgan fingerprint density at radius 2 is 1.87 bits per heavy atom. The molecule has 5 nitrogen and oxygen atoms in total. The van der Waals surface area contributed by atoms with Crippen molar-refractivity contribution in [3.63, 3.8) is 0 Å². The molecule has 0 fully saturated rings. The van der Waals surface area contributed by atoms with Crippen molar-refractivity contribution in [1.29, 1.82) is 0 Å². The second-order valence-corrected chi connectivity index (χ2v) is 9.42. The molecule has 5 heteroatoms. The lowest BCUT2D eigenvalue weighted by Gasteiger charge is -2.35. The van der Waals surface area contributed by atoms with Crippen LogP contribution in [0.2, 0.25) is 0 Å². The highest BCUT2D eigenvalue weighted by Crippen LogP contribution is 2.32. The monoisotopic (exact) mass is 406 g/mol. The Bertz CT molecular complexity index is 1010. The maximum atomic E-state index is 13.1. The summed E-state index contributed by atoms with van der Waals surface area (Å²) in [5.74, 6) is 0.526. The van der Waals surface area contributed by atoms with E-state index in [2.05, 4.69) is 30.5 Å². The minimum atomic E-state index is -0.512. The van der Waals surface area contributed by atoms with Crippen molar-refractivity contribution in [2.75, 3.05) is 12.4 Å². The van der Waals surface area contributed by atoms with Gasteiger partial charge in [-0.2, -0.15) is 0 Å². The van der Waals surface area contributed by atoms with E-state index in [1.807, 2.05) is 32.9 Å². The van der Waals surface area contributed by atoms with Gasteiger partial charge in [0.2, 0.25) is 5.91 Å². The molecule has 2 aromatic carbocycles. The fourth-order valence-electron chi connectivity index (χ4n) is 3.44. The average Bonchev–Trinajstić information content (AvgIpc) is 2.66. The van der Waals surface area contributed by atoms with Crippen molar-refractivity contribution in [3.05, 3.63) is 65.2 Å². The number of ether oxygens (including phenoxy) is 1. The van der Waals surface area contributed by atoms with Gasteiger partial charge in [-0.15, -0.1) is 0 Å². The highest BCUT2D eigenvalue weighted by molar-refractivity contribution is 6.09. The van der Waals surface area contributed by atoms with Gasteiger partial charge >= 0.3 is 0 Å². The molecule has 0 spiro atoms. The first-order valence-electron chi connectivity index (χ1n) is 10.1. The number of carbonyl (C=O) groups is 2. The molecule has 0 atom stereocenters. The van der Waals surface area contributed by atoms with Gasteiger partial charge in [0, 0.05) is 39.5 Å². The first-order valence-corrected chi connectivity index (χ1v) is 10.1. The lowest BCUT2D eigenvalue weighted by atomic mass is 9.85. The predicted molar refractivity (Wildman–Crippen MR) is 121 cm³/mol. The highest BCUT2D eigenvalue weighted by Gasteiger charge is 2.28. The Kier molecular flexibility index (Phi) is 5.75. The van der Waals surface area contributed by atoms with Crippen LogP contribution in [-0.2, 0) is 11.2 Å². The molecule has 30 heavy (non-hydrogen) atoms. The molecule has 2 N–H and O–H groups in total. The normalized spacial score (nSPS) is 16.4. The van der Waals surface area contributed by atoms with Gasteiger partial charge in [-0.1, -0.05) is 39.0 Å². The smallest absolute Gasteiger partial charge is 0.229 e. The summed E-state index contributed by atoms with van der Waals surface area (Å²) in [6, 6.07) is 13.0. The molecule has 1 amide bonds. The van der Waals surface area contributed by atoms with Crippen LogP contribution >= 0.6 is 0 Å². The van der Waals surface area contributed by atoms with Gasteiger partial charge < -0.3 is 15.4 Å². The summed E-state index contributed by atoms with van der Waals surface area (Å²) in [6.45, 7) is 9.78. The molecule has 0 bridgehead atoms. The molecule has 0 radical (unpaired) electrons. The molecule has 1 aliphatic rings. The number of fused-ring (bicyclic) bond motifs is 1.